The summed E-state index contributed by atoms with van der Waals surface area (Å²) < 4.78 is 40.2. The minimum Gasteiger partial charge on any atom is -0.420 e. The van der Waals surface area contributed by atoms with Crippen molar-refractivity contribution in [2.75, 3.05) is 6.61 Å². The molecule has 0 saturated carbocycles. The summed E-state index contributed by atoms with van der Waals surface area (Å²) in [6.07, 6.45) is 18.6. The number of ether oxygens (including phenoxy) is 2. The maximum atomic E-state index is 14.1. The van der Waals surface area contributed by atoms with E-state index in [9.17, 15) is 28.0 Å². The van der Waals surface area contributed by atoms with Gasteiger partial charge in [0.15, 0.2) is 11.9 Å². The number of esters is 1. The van der Waals surface area contributed by atoms with E-state index in [2.05, 4.69) is 12.2 Å². The van der Waals surface area contributed by atoms with Crippen LogP contribution in [0.1, 0.15) is 143 Å². The Morgan fingerprint density at radius 1 is 0.917 bits per heavy atom. The minimum absolute atomic E-state index is 0.0251. The Morgan fingerprint density at radius 2 is 1.52 bits per heavy atom. The van der Waals surface area contributed by atoms with Crippen LogP contribution < -0.4 is 15.5 Å². The fourth-order valence-electron chi connectivity index (χ4n) is 6.46. The number of fused-ring (bicyclic) bond motifs is 2. The predicted molar refractivity (Wildman–Crippen MR) is 179 cm³/mol. The summed E-state index contributed by atoms with van der Waals surface area (Å²) in [5.41, 5.74) is -1.37. The molecule has 1 aromatic heterocycles. The van der Waals surface area contributed by atoms with E-state index in [-0.39, 0.29) is 42.4 Å². The van der Waals surface area contributed by atoms with Crippen LogP contribution in [0.5, 0.6) is 5.75 Å². The summed E-state index contributed by atoms with van der Waals surface area (Å²) in [5.74, 6) is -4.13. The smallest absolute Gasteiger partial charge is 0.311 e. The van der Waals surface area contributed by atoms with Gasteiger partial charge in [0.2, 0.25) is 11.2 Å². The lowest BCUT2D eigenvalue weighted by Crippen LogP contribution is -2.49. The molecule has 1 N–H and O–H groups in total. The number of carbonyl (C=O) groups is 3. The molecule has 2 aliphatic rings. The van der Waals surface area contributed by atoms with Crippen LogP contribution in [0.15, 0.2) is 29.2 Å². The Morgan fingerprint density at radius 3 is 2.12 bits per heavy atom. The lowest BCUT2D eigenvalue weighted by Gasteiger charge is -2.34. The largest absolute Gasteiger partial charge is 0.420 e. The van der Waals surface area contributed by atoms with Gasteiger partial charge in [-0.1, -0.05) is 103 Å². The molecule has 0 radical (unpaired) electrons. The summed E-state index contributed by atoms with van der Waals surface area (Å²) in [7, 11) is 0. The third-order valence-corrected chi connectivity index (χ3v) is 9.24. The summed E-state index contributed by atoms with van der Waals surface area (Å²) in [6.45, 7) is 4.19. The van der Waals surface area contributed by atoms with Crippen molar-refractivity contribution in [2.24, 2.45) is 0 Å². The molecule has 264 valence electrons. The third kappa shape index (κ3) is 10.2. The molecular weight excluding hydrogens is 620 g/mol. The Kier molecular flexibility index (Phi) is 14.6. The Bertz CT molecular complexity index is 1460. The number of aromatic nitrogens is 1. The number of hydrogen-bond donors (Lipinski definition) is 1. The fourth-order valence-corrected chi connectivity index (χ4v) is 6.46. The van der Waals surface area contributed by atoms with Crippen molar-refractivity contribution in [3.8, 4) is 5.75 Å². The van der Waals surface area contributed by atoms with E-state index >= 15 is 0 Å². The zero-order valence-electron chi connectivity index (χ0n) is 28.5. The molecule has 2 atom stereocenters. The standard InChI is InChI=1S/C37H51F2N3O6/c1-3-4-5-6-7-8-9-10-11-12-13-14-15-16-17-18-32(43)48-35-33-37(46)42-26(2)25-47-31(42)24-41(33)23-29(34(35)44)36(45)40-22-27-19-20-28(38)21-30(27)39/h19-21,23,26,31H,3-18,22,24-25H2,1-2H3,(H,40,45)/t26-,31+/m0/s1. The van der Waals surface area contributed by atoms with Gasteiger partial charge in [0.1, 0.15) is 17.2 Å². The summed E-state index contributed by atoms with van der Waals surface area (Å²) in [4.78, 5) is 54.7. The monoisotopic (exact) mass is 671 g/mol. The molecule has 0 bridgehead atoms. The van der Waals surface area contributed by atoms with Gasteiger partial charge in [0.05, 0.1) is 19.2 Å². The van der Waals surface area contributed by atoms with Crippen molar-refractivity contribution in [1.82, 2.24) is 14.8 Å². The van der Waals surface area contributed by atoms with Gasteiger partial charge >= 0.3 is 5.97 Å². The van der Waals surface area contributed by atoms with Crippen LogP contribution in [0, 0.1) is 11.6 Å². The molecule has 2 aromatic rings. The second-order valence-electron chi connectivity index (χ2n) is 13.1. The Labute approximate surface area is 282 Å². The normalized spacial score (nSPS) is 16.9. The van der Waals surface area contributed by atoms with E-state index in [0.717, 1.165) is 25.3 Å². The van der Waals surface area contributed by atoms with E-state index in [1.54, 1.807) is 0 Å². The molecule has 2 amide bonds. The number of hydrogen-bond acceptors (Lipinski definition) is 6. The highest BCUT2D eigenvalue weighted by molar-refractivity contribution is 6.00. The molecule has 0 spiro atoms. The van der Waals surface area contributed by atoms with Gasteiger partial charge in [-0.3, -0.25) is 19.2 Å². The highest BCUT2D eigenvalue weighted by atomic mass is 19.1. The van der Waals surface area contributed by atoms with Gasteiger partial charge < -0.3 is 24.3 Å². The second-order valence-corrected chi connectivity index (χ2v) is 13.1. The van der Waals surface area contributed by atoms with Gasteiger partial charge in [-0.2, -0.15) is 0 Å². The van der Waals surface area contributed by atoms with Crippen LogP contribution in [0.4, 0.5) is 8.78 Å². The fraction of sp³-hybridized carbons (Fsp3) is 0.622. The van der Waals surface area contributed by atoms with Crippen LogP contribution in [0.2, 0.25) is 0 Å². The van der Waals surface area contributed by atoms with Crippen LogP contribution in [0.3, 0.4) is 0 Å². The minimum atomic E-state index is -0.914. The average Bonchev–Trinajstić information content (AvgIpc) is 3.43. The highest BCUT2D eigenvalue weighted by Gasteiger charge is 2.43. The number of nitrogens with one attached hydrogen (secondary N) is 1. The number of nitrogens with zero attached hydrogens (tertiary/aromatic N) is 2. The first-order chi connectivity index (χ1) is 23.2. The molecule has 4 rings (SSSR count). The number of amides is 2. The molecule has 0 aliphatic carbocycles. The van der Waals surface area contributed by atoms with Crippen molar-refractivity contribution in [3.05, 3.63) is 63.1 Å². The first kappa shape index (κ1) is 37.2. The molecule has 0 unspecified atom stereocenters. The van der Waals surface area contributed by atoms with E-state index in [4.69, 9.17) is 9.47 Å². The summed E-state index contributed by atoms with van der Waals surface area (Å²) in [5, 5.41) is 2.47. The van der Waals surface area contributed by atoms with Gasteiger partial charge in [-0.05, 0) is 19.4 Å². The first-order valence-electron chi connectivity index (χ1n) is 17.9. The Balaban J connectivity index is 1.30. The third-order valence-electron chi connectivity index (χ3n) is 9.24. The number of rotatable bonds is 20. The molecular formula is C37H51F2N3O6. The lowest BCUT2D eigenvalue weighted by atomic mass is 10.0. The molecule has 3 heterocycles. The maximum absolute atomic E-state index is 14.1. The van der Waals surface area contributed by atoms with E-state index in [1.165, 1.54) is 92.4 Å². The summed E-state index contributed by atoms with van der Waals surface area (Å²) in [6, 6.07) is 2.71. The van der Waals surface area contributed by atoms with E-state index in [0.29, 0.717) is 19.1 Å². The quantitative estimate of drug-likeness (QED) is 0.116. The number of benzene rings is 1. The molecule has 2 aliphatic heterocycles. The average molecular weight is 672 g/mol. The van der Waals surface area contributed by atoms with Crippen LogP contribution in [-0.2, 0) is 22.6 Å². The second kappa shape index (κ2) is 18.8. The van der Waals surface area contributed by atoms with Crippen molar-refractivity contribution >= 4 is 17.8 Å². The van der Waals surface area contributed by atoms with Crippen LogP contribution >= 0.6 is 0 Å². The molecule has 1 aromatic carbocycles. The van der Waals surface area contributed by atoms with Crippen molar-refractivity contribution < 1.29 is 32.6 Å². The van der Waals surface area contributed by atoms with Crippen LogP contribution in [-0.4, -0.2) is 46.1 Å². The maximum Gasteiger partial charge on any atom is 0.311 e. The number of halogens is 2. The zero-order valence-corrected chi connectivity index (χ0v) is 28.5. The zero-order chi connectivity index (χ0) is 34.5. The van der Waals surface area contributed by atoms with Crippen LogP contribution in [0.25, 0.3) is 0 Å². The highest BCUT2D eigenvalue weighted by Crippen LogP contribution is 2.30. The van der Waals surface area contributed by atoms with Crippen molar-refractivity contribution in [3.63, 3.8) is 0 Å². The molecule has 11 heteroatoms. The first-order valence-corrected chi connectivity index (χ1v) is 17.9. The molecule has 48 heavy (non-hydrogen) atoms. The molecule has 1 saturated heterocycles. The van der Waals surface area contributed by atoms with Crippen molar-refractivity contribution in [1.29, 1.82) is 0 Å². The van der Waals surface area contributed by atoms with Gasteiger partial charge in [0.25, 0.3) is 11.8 Å². The number of pyridine rings is 1. The SMILES string of the molecule is CCCCCCCCCCCCCCCCCC(=O)Oc1c2n(cc(C(=O)NCc3ccc(F)cc3F)c1=O)C[C@H]1OC[C@H](C)N1C2=O. The molecule has 1 fully saturated rings. The summed E-state index contributed by atoms with van der Waals surface area (Å²) >= 11 is 0. The lowest BCUT2D eigenvalue weighted by molar-refractivity contribution is -0.134. The molecule has 9 nitrogen and oxygen atoms in total. The van der Waals surface area contributed by atoms with E-state index < -0.39 is 46.8 Å². The Hall–Kier alpha value is -3.60. The van der Waals surface area contributed by atoms with Gasteiger partial charge in [0, 0.05) is 30.8 Å². The topological polar surface area (TPSA) is 107 Å². The number of carbonyl (C=O) groups excluding carboxylic acids is 3. The number of unbranched alkanes of at least 4 members (excludes halogenated alkanes) is 14. The predicted octanol–water partition coefficient (Wildman–Crippen LogP) is 7.42. The van der Waals surface area contributed by atoms with Crippen molar-refractivity contribution in [2.45, 2.75) is 142 Å². The van der Waals surface area contributed by atoms with E-state index in [1.807, 2.05) is 6.92 Å². The van der Waals surface area contributed by atoms with Gasteiger partial charge in [-0.15, -0.1) is 0 Å². The van der Waals surface area contributed by atoms with Gasteiger partial charge in [-0.25, -0.2) is 8.78 Å².